The Hall–Kier alpha value is -4.58. The van der Waals surface area contributed by atoms with Gasteiger partial charge in [0, 0.05) is 41.3 Å². The van der Waals surface area contributed by atoms with Crippen molar-refractivity contribution in [3.63, 3.8) is 0 Å². The van der Waals surface area contributed by atoms with Crippen LogP contribution in [0, 0.1) is 18.6 Å². The number of nitrogens with zero attached hydrogens (tertiary/aromatic N) is 4. The van der Waals surface area contributed by atoms with Crippen LogP contribution in [-0.4, -0.2) is 77.5 Å². The molecule has 1 aliphatic rings. The van der Waals surface area contributed by atoms with Gasteiger partial charge in [0.1, 0.15) is 0 Å². The highest BCUT2D eigenvalue weighted by Crippen LogP contribution is 2.31. The van der Waals surface area contributed by atoms with E-state index in [1.54, 1.807) is 22.7 Å². The number of fused-ring (bicyclic) bond motifs is 1. The fraction of sp³-hybridized carbons (Fsp3) is 0.333. The highest BCUT2D eigenvalue weighted by atomic mass is 19.2. The average molecular weight is 579 g/mol. The molecule has 12 heteroatoms. The number of ether oxygens (including phenoxy) is 1. The lowest BCUT2D eigenvalue weighted by molar-refractivity contribution is -0.862. The second-order valence-corrected chi connectivity index (χ2v) is 11.6. The molecular weight excluding hydrogens is 544 g/mol. The summed E-state index contributed by atoms with van der Waals surface area (Å²) in [6, 6.07) is 8.21. The average Bonchev–Trinajstić information content (AvgIpc) is 3.33. The molecule has 1 fully saturated rings. The molecule has 0 saturated heterocycles. The first-order chi connectivity index (χ1) is 19.9. The normalized spacial score (nSPS) is 16.5. The highest BCUT2D eigenvalue weighted by molar-refractivity contribution is 5.96. The van der Waals surface area contributed by atoms with Crippen LogP contribution in [0.1, 0.15) is 28.8 Å². The summed E-state index contributed by atoms with van der Waals surface area (Å²) in [7, 11) is 7.17. The molecule has 4 aromatic rings. The van der Waals surface area contributed by atoms with Crippen LogP contribution in [0.4, 0.5) is 20.3 Å². The van der Waals surface area contributed by atoms with E-state index in [0.29, 0.717) is 52.3 Å². The van der Waals surface area contributed by atoms with E-state index in [2.05, 4.69) is 25.9 Å². The molecular formula is C30H34F2N7O3+. The minimum Gasteiger partial charge on any atom is -0.494 e. The number of carbonyl (C=O) groups is 2. The standard InChI is InChI=1S/C30H33F2N7O3/c1-17-12-18(6-7-21(17)30(41)37-20-13-19(14-20)35-25(40)16-39(2,3)4)36-28-29-34-15-23(38(29)11-10-33-28)22-8-9-24(42-5)27(32)26(22)31/h6-12,15,19-20H,13-14,16H2,1-5H3,(H2-,33,35,36,37,40,41)/p+1/t19-,20+. The maximum atomic E-state index is 14.8. The van der Waals surface area contributed by atoms with Crippen molar-refractivity contribution in [2.45, 2.75) is 31.8 Å². The minimum absolute atomic E-state index is 0.00424. The Morgan fingerprint density at radius 1 is 1.05 bits per heavy atom. The number of hydrogen-bond donors (Lipinski definition) is 3. The SMILES string of the molecule is COc1ccc(-c2cnc3c(Nc4ccc(C(=O)N[C@H]5C[C@@H](NC(=O)C[N+](C)(C)C)C5)c(C)c4)nccn23)c(F)c1F. The molecule has 3 N–H and O–H groups in total. The second kappa shape index (κ2) is 11.4. The number of amides is 2. The first-order valence-corrected chi connectivity index (χ1v) is 13.6. The molecule has 5 rings (SSSR count). The van der Waals surface area contributed by atoms with Crippen LogP contribution in [0.25, 0.3) is 16.9 Å². The molecule has 2 amide bonds. The molecule has 0 aliphatic heterocycles. The maximum Gasteiger partial charge on any atom is 0.275 e. The lowest BCUT2D eigenvalue weighted by Crippen LogP contribution is -2.56. The molecule has 10 nitrogen and oxygen atoms in total. The number of benzene rings is 2. The Bertz CT molecular complexity index is 1660. The topological polar surface area (TPSA) is 110 Å². The Morgan fingerprint density at radius 2 is 1.79 bits per heavy atom. The number of nitrogens with one attached hydrogen (secondary N) is 3. The molecule has 0 unspecified atom stereocenters. The monoisotopic (exact) mass is 578 g/mol. The smallest absolute Gasteiger partial charge is 0.275 e. The van der Waals surface area contributed by atoms with Crippen molar-refractivity contribution in [3.8, 4) is 17.0 Å². The Labute approximate surface area is 242 Å². The van der Waals surface area contributed by atoms with Gasteiger partial charge < -0.3 is 25.2 Å². The van der Waals surface area contributed by atoms with Crippen molar-refractivity contribution in [1.29, 1.82) is 0 Å². The number of hydrogen-bond acceptors (Lipinski definition) is 6. The zero-order valence-corrected chi connectivity index (χ0v) is 24.2. The van der Waals surface area contributed by atoms with E-state index in [9.17, 15) is 18.4 Å². The lowest BCUT2D eigenvalue weighted by Gasteiger charge is -2.37. The van der Waals surface area contributed by atoms with Gasteiger partial charge in [-0.05, 0) is 55.7 Å². The molecule has 0 atom stereocenters. The molecule has 1 saturated carbocycles. The van der Waals surface area contributed by atoms with Gasteiger partial charge in [0.05, 0.1) is 40.1 Å². The number of likely N-dealkylation sites (N-methyl/N-ethyl adjacent to an activating group) is 1. The van der Waals surface area contributed by atoms with Gasteiger partial charge in [-0.3, -0.25) is 14.0 Å². The van der Waals surface area contributed by atoms with E-state index in [1.807, 2.05) is 34.1 Å². The van der Waals surface area contributed by atoms with Crippen molar-refractivity contribution in [2.75, 3.05) is 40.1 Å². The van der Waals surface area contributed by atoms with Crippen molar-refractivity contribution < 1.29 is 27.6 Å². The van der Waals surface area contributed by atoms with Crippen molar-refractivity contribution >= 4 is 29.0 Å². The molecule has 2 aromatic carbocycles. The summed E-state index contributed by atoms with van der Waals surface area (Å²) in [5, 5.41) is 9.28. The zero-order valence-electron chi connectivity index (χ0n) is 24.2. The maximum absolute atomic E-state index is 14.8. The summed E-state index contributed by atoms with van der Waals surface area (Å²) in [5.41, 5.74) is 2.79. The van der Waals surface area contributed by atoms with Crippen molar-refractivity contribution in [2.24, 2.45) is 0 Å². The van der Waals surface area contributed by atoms with Gasteiger partial charge in [-0.25, -0.2) is 14.4 Å². The van der Waals surface area contributed by atoms with Crippen LogP contribution in [0.3, 0.4) is 0 Å². The van der Waals surface area contributed by atoms with Gasteiger partial charge in [-0.15, -0.1) is 0 Å². The number of aromatic nitrogens is 3. The zero-order chi connectivity index (χ0) is 30.2. The molecule has 2 aromatic heterocycles. The minimum atomic E-state index is -1.07. The number of quaternary nitrogens is 1. The predicted molar refractivity (Wildman–Crippen MR) is 155 cm³/mol. The molecule has 0 spiro atoms. The number of rotatable bonds is 9. The van der Waals surface area contributed by atoms with E-state index < -0.39 is 11.6 Å². The summed E-state index contributed by atoms with van der Waals surface area (Å²) >= 11 is 0. The van der Waals surface area contributed by atoms with Crippen LogP contribution in [0.15, 0.2) is 48.9 Å². The van der Waals surface area contributed by atoms with Crippen LogP contribution < -0.4 is 20.7 Å². The Kier molecular flexibility index (Phi) is 7.83. The number of halogens is 2. The fourth-order valence-electron chi connectivity index (χ4n) is 5.05. The molecule has 42 heavy (non-hydrogen) atoms. The third kappa shape index (κ3) is 6.03. The number of imidazole rings is 1. The predicted octanol–water partition coefficient (Wildman–Crippen LogP) is 3.82. The van der Waals surface area contributed by atoms with E-state index in [-0.39, 0.29) is 35.2 Å². The third-order valence-corrected chi connectivity index (χ3v) is 7.16. The van der Waals surface area contributed by atoms with Gasteiger partial charge in [0.15, 0.2) is 29.6 Å². The first-order valence-electron chi connectivity index (χ1n) is 13.6. The first kappa shape index (κ1) is 28.9. The fourth-order valence-corrected chi connectivity index (χ4v) is 5.05. The van der Waals surface area contributed by atoms with Gasteiger partial charge >= 0.3 is 0 Å². The number of carbonyl (C=O) groups excluding carboxylic acids is 2. The van der Waals surface area contributed by atoms with E-state index in [1.165, 1.54) is 31.6 Å². The van der Waals surface area contributed by atoms with E-state index in [4.69, 9.17) is 4.74 Å². The second-order valence-electron chi connectivity index (χ2n) is 11.6. The molecule has 0 bridgehead atoms. The largest absolute Gasteiger partial charge is 0.494 e. The van der Waals surface area contributed by atoms with Crippen molar-refractivity contribution in [3.05, 3.63) is 71.7 Å². The van der Waals surface area contributed by atoms with E-state index in [0.717, 1.165) is 5.56 Å². The van der Waals surface area contributed by atoms with Crippen LogP contribution in [0.5, 0.6) is 5.75 Å². The number of anilines is 2. The quantitative estimate of drug-likeness (QED) is 0.261. The highest BCUT2D eigenvalue weighted by Gasteiger charge is 2.32. The number of aryl methyl sites for hydroxylation is 1. The van der Waals surface area contributed by atoms with Crippen LogP contribution in [0.2, 0.25) is 0 Å². The third-order valence-electron chi connectivity index (χ3n) is 7.16. The lowest BCUT2D eigenvalue weighted by atomic mass is 9.86. The molecule has 2 heterocycles. The van der Waals surface area contributed by atoms with Gasteiger partial charge in [-0.2, -0.15) is 4.39 Å². The molecule has 1 aliphatic carbocycles. The van der Waals surface area contributed by atoms with Crippen molar-refractivity contribution in [1.82, 2.24) is 25.0 Å². The summed E-state index contributed by atoms with van der Waals surface area (Å²) in [4.78, 5) is 33.9. The summed E-state index contributed by atoms with van der Waals surface area (Å²) in [6.45, 7) is 2.25. The van der Waals surface area contributed by atoms with Gasteiger partial charge in [0.25, 0.3) is 11.8 Å². The van der Waals surface area contributed by atoms with Crippen LogP contribution in [-0.2, 0) is 4.79 Å². The summed E-state index contributed by atoms with van der Waals surface area (Å²) < 4.78 is 36.2. The number of methoxy groups -OCH3 is 1. The molecule has 220 valence electrons. The van der Waals surface area contributed by atoms with Crippen LogP contribution >= 0.6 is 0 Å². The van der Waals surface area contributed by atoms with Gasteiger partial charge in [0.2, 0.25) is 5.82 Å². The summed E-state index contributed by atoms with van der Waals surface area (Å²) in [5.74, 6) is -2.05. The van der Waals surface area contributed by atoms with Gasteiger partial charge in [-0.1, -0.05) is 0 Å². The Balaban J connectivity index is 1.25. The van der Waals surface area contributed by atoms with E-state index >= 15 is 0 Å². The molecule has 0 radical (unpaired) electrons. The Morgan fingerprint density at radius 3 is 2.48 bits per heavy atom. The summed E-state index contributed by atoms with van der Waals surface area (Å²) in [6.07, 6.45) is 5.99.